The van der Waals surface area contributed by atoms with Gasteiger partial charge in [-0.05, 0) is 12.1 Å². The maximum Gasteiger partial charge on any atom is 0.231 e. The number of hydrogen-bond acceptors (Lipinski definition) is 3. The smallest absolute Gasteiger partial charge is 0.231 e. The first-order valence-corrected chi connectivity index (χ1v) is 6.23. The van der Waals surface area contributed by atoms with E-state index in [1.165, 1.54) is 0 Å². The third-order valence-electron chi connectivity index (χ3n) is 3.11. The van der Waals surface area contributed by atoms with Crippen molar-refractivity contribution in [2.24, 2.45) is 0 Å². The third-order valence-corrected chi connectivity index (χ3v) is 3.43. The normalized spacial score (nSPS) is 13.1. The van der Waals surface area contributed by atoms with Gasteiger partial charge in [-0.15, -0.1) is 0 Å². The van der Waals surface area contributed by atoms with Crippen molar-refractivity contribution in [2.45, 2.75) is 0 Å². The molecule has 0 bridgehead atoms. The highest BCUT2D eigenvalue weighted by atomic mass is 35.5. The van der Waals surface area contributed by atoms with Crippen LogP contribution in [0.3, 0.4) is 0 Å². The molecule has 0 unspecified atom stereocenters. The lowest BCUT2D eigenvalue weighted by Crippen LogP contribution is -1.92. The van der Waals surface area contributed by atoms with E-state index in [4.69, 9.17) is 21.1 Å². The molecule has 5 heteroatoms. The van der Waals surface area contributed by atoms with E-state index in [1.807, 2.05) is 36.4 Å². The predicted molar refractivity (Wildman–Crippen MR) is 72.7 cm³/mol. The molecule has 1 aliphatic rings. The molecule has 2 heterocycles. The second-order valence-corrected chi connectivity index (χ2v) is 4.70. The summed E-state index contributed by atoms with van der Waals surface area (Å²) in [5.41, 5.74) is 2.61. The largest absolute Gasteiger partial charge is 0.454 e. The fourth-order valence-corrected chi connectivity index (χ4v) is 2.41. The topological polar surface area (TPSA) is 47.1 Å². The van der Waals surface area contributed by atoms with Gasteiger partial charge in [-0.2, -0.15) is 0 Å². The summed E-state index contributed by atoms with van der Waals surface area (Å²) in [7, 11) is 0. The molecule has 0 atom stereocenters. The molecule has 0 spiro atoms. The van der Waals surface area contributed by atoms with Crippen LogP contribution in [-0.2, 0) is 0 Å². The number of fused-ring (bicyclic) bond motifs is 2. The molecule has 0 amide bonds. The number of H-pyrrole nitrogens is 1. The summed E-state index contributed by atoms with van der Waals surface area (Å²) in [5.74, 6) is 2.20. The molecule has 1 N–H and O–H groups in total. The van der Waals surface area contributed by atoms with Crippen molar-refractivity contribution in [3.05, 3.63) is 41.4 Å². The van der Waals surface area contributed by atoms with Crippen LogP contribution in [0.2, 0.25) is 5.02 Å². The van der Waals surface area contributed by atoms with Gasteiger partial charge >= 0.3 is 0 Å². The number of rotatable bonds is 1. The van der Waals surface area contributed by atoms with Crippen molar-refractivity contribution in [3.63, 3.8) is 0 Å². The highest BCUT2D eigenvalue weighted by Crippen LogP contribution is 2.36. The Labute approximate surface area is 113 Å². The minimum atomic E-state index is 0.263. The maximum absolute atomic E-state index is 6.18. The summed E-state index contributed by atoms with van der Waals surface area (Å²) in [6, 6.07) is 11.4. The predicted octanol–water partition coefficient (Wildman–Crippen LogP) is 3.61. The molecule has 0 radical (unpaired) electrons. The molecular formula is C14H9ClN2O2. The Hall–Kier alpha value is -2.20. The molecule has 0 saturated heterocycles. The van der Waals surface area contributed by atoms with E-state index in [-0.39, 0.29) is 6.79 Å². The zero-order valence-corrected chi connectivity index (χ0v) is 10.6. The first-order valence-electron chi connectivity index (χ1n) is 5.85. The fourth-order valence-electron chi connectivity index (χ4n) is 2.18. The molecule has 4 rings (SSSR count). The second-order valence-electron chi connectivity index (χ2n) is 4.29. The summed E-state index contributed by atoms with van der Waals surface area (Å²) < 4.78 is 10.7. The Kier molecular flexibility index (Phi) is 2.19. The van der Waals surface area contributed by atoms with Crippen LogP contribution in [0, 0.1) is 0 Å². The summed E-state index contributed by atoms with van der Waals surface area (Å²) >= 11 is 6.18. The van der Waals surface area contributed by atoms with Crippen molar-refractivity contribution in [1.29, 1.82) is 0 Å². The molecular weight excluding hydrogens is 264 g/mol. The van der Waals surface area contributed by atoms with Gasteiger partial charge in [0.1, 0.15) is 5.82 Å². The van der Waals surface area contributed by atoms with Gasteiger partial charge < -0.3 is 14.5 Å². The number of imidazole rings is 1. The van der Waals surface area contributed by atoms with Crippen molar-refractivity contribution in [2.75, 3.05) is 6.79 Å². The van der Waals surface area contributed by atoms with Crippen LogP contribution in [-0.4, -0.2) is 16.8 Å². The monoisotopic (exact) mass is 272 g/mol. The summed E-state index contributed by atoms with van der Waals surface area (Å²) in [5, 5.41) is 0.668. The Morgan fingerprint density at radius 2 is 1.89 bits per heavy atom. The number of nitrogens with zero attached hydrogens (tertiary/aromatic N) is 1. The number of hydrogen-bond donors (Lipinski definition) is 1. The van der Waals surface area contributed by atoms with Crippen LogP contribution < -0.4 is 9.47 Å². The van der Waals surface area contributed by atoms with Gasteiger partial charge in [0.2, 0.25) is 6.79 Å². The zero-order chi connectivity index (χ0) is 12.8. The number of nitrogens with one attached hydrogen (secondary N) is 1. The lowest BCUT2D eigenvalue weighted by atomic mass is 10.2. The van der Waals surface area contributed by atoms with Gasteiger partial charge in [0, 0.05) is 17.7 Å². The molecule has 19 heavy (non-hydrogen) atoms. The molecule has 1 aromatic heterocycles. The van der Waals surface area contributed by atoms with E-state index in [0.717, 1.165) is 33.9 Å². The van der Waals surface area contributed by atoms with Gasteiger partial charge in [0.15, 0.2) is 11.5 Å². The Balaban J connectivity index is 1.91. The number of aromatic nitrogens is 2. The minimum Gasteiger partial charge on any atom is -0.454 e. The van der Waals surface area contributed by atoms with Gasteiger partial charge in [-0.25, -0.2) is 4.98 Å². The lowest BCUT2D eigenvalue weighted by molar-refractivity contribution is 0.174. The summed E-state index contributed by atoms with van der Waals surface area (Å²) in [4.78, 5) is 7.80. The summed E-state index contributed by atoms with van der Waals surface area (Å²) in [6.45, 7) is 0.263. The van der Waals surface area contributed by atoms with Crippen molar-refractivity contribution < 1.29 is 9.47 Å². The van der Waals surface area contributed by atoms with Crippen LogP contribution in [0.5, 0.6) is 11.5 Å². The molecule has 0 aliphatic carbocycles. The minimum absolute atomic E-state index is 0.263. The Bertz CT molecular complexity index is 741. The van der Waals surface area contributed by atoms with E-state index in [1.54, 1.807) is 0 Å². The highest BCUT2D eigenvalue weighted by molar-refractivity contribution is 6.33. The molecule has 0 saturated carbocycles. The molecule has 94 valence electrons. The molecule has 2 aromatic carbocycles. The molecule has 1 aliphatic heterocycles. The van der Waals surface area contributed by atoms with Crippen molar-refractivity contribution >= 4 is 22.6 Å². The van der Waals surface area contributed by atoms with Crippen molar-refractivity contribution in [1.82, 2.24) is 9.97 Å². The SMILES string of the molecule is Clc1ccccc1-c1nc2cc3c(cc2[nH]1)OCO3. The van der Waals surface area contributed by atoms with Crippen LogP contribution >= 0.6 is 11.6 Å². The van der Waals surface area contributed by atoms with Gasteiger partial charge in [-0.1, -0.05) is 23.7 Å². The third kappa shape index (κ3) is 1.64. The van der Waals surface area contributed by atoms with E-state index in [2.05, 4.69) is 9.97 Å². The van der Waals surface area contributed by atoms with E-state index in [9.17, 15) is 0 Å². The van der Waals surface area contributed by atoms with Crippen LogP contribution in [0.25, 0.3) is 22.4 Å². The quantitative estimate of drug-likeness (QED) is 0.736. The first-order chi connectivity index (χ1) is 9.31. The molecule has 4 nitrogen and oxygen atoms in total. The standard InChI is InChI=1S/C14H9ClN2O2/c15-9-4-2-1-3-8(9)14-16-10-5-12-13(19-7-18-12)6-11(10)17-14/h1-6H,7H2,(H,16,17). The summed E-state index contributed by atoms with van der Waals surface area (Å²) in [6.07, 6.45) is 0. The van der Waals surface area contributed by atoms with E-state index < -0.39 is 0 Å². The van der Waals surface area contributed by atoms with Gasteiger partial charge in [0.05, 0.1) is 16.1 Å². The van der Waals surface area contributed by atoms with Crippen LogP contribution in [0.1, 0.15) is 0 Å². The maximum atomic E-state index is 6.18. The average Bonchev–Trinajstić information content (AvgIpc) is 3.01. The Morgan fingerprint density at radius 3 is 2.74 bits per heavy atom. The van der Waals surface area contributed by atoms with Crippen LogP contribution in [0.4, 0.5) is 0 Å². The number of aromatic amines is 1. The zero-order valence-electron chi connectivity index (χ0n) is 9.81. The molecule has 3 aromatic rings. The lowest BCUT2D eigenvalue weighted by Gasteiger charge is -1.98. The van der Waals surface area contributed by atoms with E-state index >= 15 is 0 Å². The second kappa shape index (κ2) is 3.90. The highest BCUT2D eigenvalue weighted by Gasteiger charge is 2.17. The number of benzene rings is 2. The van der Waals surface area contributed by atoms with Gasteiger partial charge in [0.25, 0.3) is 0 Å². The van der Waals surface area contributed by atoms with Crippen LogP contribution in [0.15, 0.2) is 36.4 Å². The van der Waals surface area contributed by atoms with Crippen molar-refractivity contribution in [3.8, 4) is 22.9 Å². The average molecular weight is 273 g/mol. The van der Waals surface area contributed by atoms with E-state index in [0.29, 0.717) is 5.02 Å². The Morgan fingerprint density at radius 1 is 1.11 bits per heavy atom. The first kappa shape index (κ1) is 10.7. The fraction of sp³-hybridized carbons (Fsp3) is 0.0714. The number of halogens is 1. The molecule has 0 fully saturated rings. The van der Waals surface area contributed by atoms with Gasteiger partial charge in [-0.3, -0.25) is 0 Å². The number of ether oxygens (including phenoxy) is 2.